The van der Waals surface area contributed by atoms with Crippen LogP contribution >= 0.6 is 0 Å². The molecule has 0 aliphatic rings. The number of nitrogens with zero attached hydrogens (tertiary/aromatic N) is 1. The fourth-order valence-electron chi connectivity index (χ4n) is 2.39. The number of hydrogen-bond acceptors (Lipinski definition) is 2. The Morgan fingerprint density at radius 2 is 1.79 bits per heavy atom. The molecule has 0 spiro atoms. The molecule has 1 amide bonds. The lowest BCUT2D eigenvalue weighted by molar-refractivity contribution is 0.0951. The van der Waals surface area contributed by atoms with E-state index in [-0.39, 0.29) is 12.5 Å². The van der Waals surface area contributed by atoms with Crippen LogP contribution in [0.1, 0.15) is 21.5 Å². The number of nitrogens with one attached hydrogen (secondary N) is 2. The smallest absolute Gasteiger partial charge is 0.255 e. The number of hydrogen-bond donors (Lipinski definition) is 2. The van der Waals surface area contributed by atoms with Crippen molar-refractivity contribution >= 4 is 5.91 Å². The molecule has 3 rings (SSSR count). The van der Waals surface area contributed by atoms with Gasteiger partial charge in [0, 0.05) is 18.2 Å². The molecule has 24 heavy (non-hydrogen) atoms. The van der Waals surface area contributed by atoms with E-state index >= 15 is 0 Å². The molecule has 0 saturated heterocycles. The average molecular weight is 327 g/mol. The molecule has 0 fully saturated rings. The first-order chi connectivity index (χ1) is 11.5. The maximum atomic E-state index is 13.2. The number of benzene rings is 2. The standard InChI is InChI=1S/C18H15F2N3O/c1-11-2-4-13(5-3-11)17-16(10-22-23-17)18(24)21-9-12-6-14(19)8-15(20)7-12/h2-8,10H,9H2,1H3,(H,21,24)(H,22,23). The molecule has 0 atom stereocenters. The zero-order valence-electron chi connectivity index (χ0n) is 12.9. The summed E-state index contributed by atoms with van der Waals surface area (Å²) in [5.74, 6) is -1.73. The van der Waals surface area contributed by atoms with Gasteiger partial charge in [-0.15, -0.1) is 0 Å². The first-order valence-electron chi connectivity index (χ1n) is 7.36. The van der Waals surface area contributed by atoms with Gasteiger partial charge in [-0.05, 0) is 24.6 Å². The van der Waals surface area contributed by atoms with Crippen LogP contribution < -0.4 is 5.32 Å². The van der Waals surface area contributed by atoms with Crippen molar-refractivity contribution in [1.82, 2.24) is 15.5 Å². The summed E-state index contributed by atoms with van der Waals surface area (Å²) in [7, 11) is 0. The molecule has 122 valence electrons. The first-order valence-corrected chi connectivity index (χ1v) is 7.36. The van der Waals surface area contributed by atoms with Crippen LogP contribution in [0.3, 0.4) is 0 Å². The summed E-state index contributed by atoms with van der Waals surface area (Å²) < 4.78 is 26.4. The summed E-state index contributed by atoms with van der Waals surface area (Å²) in [6.07, 6.45) is 1.43. The van der Waals surface area contributed by atoms with Gasteiger partial charge in [0.25, 0.3) is 5.91 Å². The van der Waals surface area contributed by atoms with E-state index < -0.39 is 11.6 Å². The van der Waals surface area contributed by atoms with Crippen molar-refractivity contribution in [3.05, 3.63) is 77.0 Å². The molecule has 2 N–H and O–H groups in total. The Hall–Kier alpha value is -3.02. The number of halogens is 2. The number of aryl methyl sites for hydroxylation is 1. The molecule has 3 aromatic rings. The summed E-state index contributed by atoms with van der Waals surface area (Å²) >= 11 is 0. The van der Waals surface area contributed by atoms with Crippen LogP contribution in [0.4, 0.5) is 8.78 Å². The summed E-state index contributed by atoms with van der Waals surface area (Å²) in [6.45, 7) is 1.99. The Morgan fingerprint density at radius 3 is 2.46 bits per heavy atom. The zero-order valence-corrected chi connectivity index (χ0v) is 12.9. The van der Waals surface area contributed by atoms with E-state index in [4.69, 9.17) is 0 Å². The molecule has 0 bridgehead atoms. The van der Waals surface area contributed by atoms with Crippen molar-refractivity contribution in [1.29, 1.82) is 0 Å². The quantitative estimate of drug-likeness (QED) is 0.769. The minimum atomic E-state index is -0.678. The molecular formula is C18H15F2N3O. The molecule has 1 aromatic heterocycles. The largest absolute Gasteiger partial charge is 0.348 e. The van der Waals surface area contributed by atoms with Gasteiger partial charge in [0.05, 0.1) is 17.5 Å². The second kappa shape index (κ2) is 6.62. The number of carbonyl (C=O) groups is 1. The van der Waals surface area contributed by atoms with E-state index in [0.29, 0.717) is 16.8 Å². The van der Waals surface area contributed by atoms with Crippen LogP contribution in [-0.2, 0) is 6.54 Å². The van der Waals surface area contributed by atoms with Gasteiger partial charge in [-0.3, -0.25) is 9.89 Å². The number of H-pyrrole nitrogens is 1. The lowest BCUT2D eigenvalue weighted by atomic mass is 10.1. The minimum absolute atomic E-state index is 0.0199. The molecule has 0 aliphatic heterocycles. The summed E-state index contributed by atoms with van der Waals surface area (Å²) in [5, 5.41) is 9.37. The summed E-state index contributed by atoms with van der Waals surface area (Å²) in [5.41, 5.74) is 3.26. The van der Waals surface area contributed by atoms with E-state index in [1.807, 2.05) is 31.2 Å². The van der Waals surface area contributed by atoms with E-state index in [2.05, 4.69) is 15.5 Å². The number of aromatic amines is 1. The average Bonchev–Trinajstić information content (AvgIpc) is 3.02. The van der Waals surface area contributed by atoms with Crippen molar-refractivity contribution < 1.29 is 13.6 Å². The van der Waals surface area contributed by atoms with Crippen molar-refractivity contribution in [3.8, 4) is 11.3 Å². The fourth-order valence-corrected chi connectivity index (χ4v) is 2.39. The predicted octanol–water partition coefficient (Wildman–Crippen LogP) is 3.59. The third-order valence-electron chi connectivity index (χ3n) is 3.60. The highest BCUT2D eigenvalue weighted by atomic mass is 19.1. The minimum Gasteiger partial charge on any atom is -0.348 e. The number of aromatic nitrogens is 2. The highest BCUT2D eigenvalue weighted by Gasteiger charge is 2.15. The first kappa shape index (κ1) is 15.9. The van der Waals surface area contributed by atoms with Crippen molar-refractivity contribution in [2.75, 3.05) is 0 Å². The van der Waals surface area contributed by atoms with Crippen LogP contribution in [0.15, 0.2) is 48.7 Å². The molecule has 6 heteroatoms. The Labute approximate surface area is 137 Å². The molecule has 0 unspecified atom stereocenters. The SMILES string of the molecule is Cc1ccc(-c2[nH]ncc2C(=O)NCc2cc(F)cc(F)c2)cc1. The van der Waals surface area contributed by atoms with Gasteiger partial charge in [-0.25, -0.2) is 8.78 Å². The van der Waals surface area contributed by atoms with Crippen molar-refractivity contribution in [2.24, 2.45) is 0 Å². The number of amides is 1. The van der Waals surface area contributed by atoms with Crippen LogP contribution in [0.2, 0.25) is 0 Å². The second-order valence-electron chi connectivity index (χ2n) is 5.49. The molecule has 0 radical (unpaired) electrons. The molecule has 2 aromatic carbocycles. The van der Waals surface area contributed by atoms with E-state index in [0.717, 1.165) is 17.2 Å². The second-order valence-corrected chi connectivity index (χ2v) is 5.49. The number of carbonyl (C=O) groups excluding carboxylic acids is 1. The van der Waals surface area contributed by atoms with Crippen LogP contribution in [0.5, 0.6) is 0 Å². The highest BCUT2D eigenvalue weighted by Crippen LogP contribution is 2.21. The lowest BCUT2D eigenvalue weighted by Crippen LogP contribution is -2.23. The fraction of sp³-hybridized carbons (Fsp3) is 0.111. The monoisotopic (exact) mass is 327 g/mol. The third kappa shape index (κ3) is 3.48. The Kier molecular flexibility index (Phi) is 4.37. The molecule has 0 aliphatic carbocycles. The van der Waals surface area contributed by atoms with Gasteiger partial charge in [-0.1, -0.05) is 29.8 Å². The summed E-state index contributed by atoms with van der Waals surface area (Å²) in [4.78, 5) is 12.4. The third-order valence-corrected chi connectivity index (χ3v) is 3.60. The van der Waals surface area contributed by atoms with Crippen molar-refractivity contribution in [3.63, 3.8) is 0 Å². The van der Waals surface area contributed by atoms with Gasteiger partial charge < -0.3 is 5.32 Å². The Balaban J connectivity index is 1.76. The maximum Gasteiger partial charge on any atom is 0.255 e. The predicted molar refractivity (Wildman–Crippen MR) is 86.3 cm³/mol. The lowest BCUT2D eigenvalue weighted by Gasteiger charge is -2.07. The van der Waals surface area contributed by atoms with Gasteiger partial charge in [0.2, 0.25) is 0 Å². The topological polar surface area (TPSA) is 57.8 Å². The number of rotatable bonds is 4. The van der Waals surface area contributed by atoms with Crippen LogP contribution in [0, 0.1) is 18.6 Å². The Bertz CT molecular complexity index is 852. The van der Waals surface area contributed by atoms with Crippen LogP contribution in [0.25, 0.3) is 11.3 Å². The van der Waals surface area contributed by atoms with Crippen LogP contribution in [-0.4, -0.2) is 16.1 Å². The molecule has 0 saturated carbocycles. The van der Waals surface area contributed by atoms with E-state index in [9.17, 15) is 13.6 Å². The van der Waals surface area contributed by atoms with E-state index in [1.54, 1.807) is 0 Å². The van der Waals surface area contributed by atoms with Gasteiger partial charge in [0.15, 0.2) is 0 Å². The molecule has 1 heterocycles. The highest BCUT2D eigenvalue weighted by molar-refractivity contribution is 5.99. The normalized spacial score (nSPS) is 10.6. The van der Waals surface area contributed by atoms with Gasteiger partial charge in [0.1, 0.15) is 11.6 Å². The van der Waals surface area contributed by atoms with E-state index in [1.165, 1.54) is 18.3 Å². The maximum absolute atomic E-state index is 13.2. The van der Waals surface area contributed by atoms with Gasteiger partial charge >= 0.3 is 0 Å². The zero-order chi connectivity index (χ0) is 17.1. The molecular weight excluding hydrogens is 312 g/mol. The Morgan fingerprint density at radius 1 is 1.12 bits per heavy atom. The van der Waals surface area contributed by atoms with Crippen molar-refractivity contribution in [2.45, 2.75) is 13.5 Å². The summed E-state index contributed by atoms with van der Waals surface area (Å²) in [6, 6.07) is 10.8. The van der Waals surface area contributed by atoms with Gasteiger partial charge in [-0.2, -0.15) is 5.10 Å². The molecule has 4 nitrogen and oxygen atoms in total.